The van der Waals surface area contributed by atoms with Gasteiger partial charge in [0, 0.05) is 36.1 Å². The zero-order chi connectivity index (χ0) is 18.2. The lowest BCUT2D eigenvalue weighted by Crippen LogP contribution is -2.05. The monoisotopic (exact) mass is 338 g/mol. The number of carbonyl (C=O) groups excluding carboxylic acids is 2. The maximum Gasteiger partial charge on any atom is 0.221 e. The van der Waals surface area contributed by atoms with E-state index >= 15 is 0 Å². The summed E-state index contributed by atoms with van der Waals surface area (Å²) in [6.45, 7) is 5.37. The van der Waals surface area contributed by atoms with Crippen LogP contribution >= 0.6 is 0 Å². The Kier molecular flexibility index (Phi) is 6.34. The molecule has 0 bridgehead atoms. The van der Waals surface area contributed by atoms with Gasteiger partial charge in [0.25, 0.3) is 0 Å². The van der Waals surface area contributed by atoms with E-state index < -0.39 is 0 Å². The molecular formula is C20H22N2O3. The van der Waals surface area contributed by atoms with Crippen LogP contribution in [0.2, 0.25) is 0 Å². The second-order valence-electron chi connectivity index (χ2n) is 5.79. The number of amides is 1. The van der Waals surface area contributed by atoms with Crippen molar-refractivity contribution in [2.45, 2.75) is 26.9 Å². The van der Waals surface area contributed by atoms with Crippen molar-refractivity contribution in [3.63, 3.8) is 0 Å². The molecular weight excluding hydrogens is 316 g/mol. The molecule has 2 rings (SSSR count). The first kappa shape index (κ1) is 18.3. The van der Waals surface area contributed by atoms with Crippen LogP contribution in [0.3, 0.4) is 0 Å². The van der Waals surface area contributed by atoms with Crippen molar-refractivity contribution in [3.8, 4) is 5.75 Å². The van der Waals surface area contributed by atoms with Crippen LogP contribution in [0.1, 0.15) is 31.1 Å². The fraction of sp³-hybridized carbons (Fsp3) is 0.200. The number of carbonyl (C=O) groups is 2. The lowest BCUT2D eigenvalue weighted by Gasteiger charge is -2.09. The third-order valence-electron chi connectivity index (χ3n) is 3.20. The molecule has 0 aliphatic carbocycles. The first-order valence-electron chi connectivity index (χ1n) is 8.06. The third kappa shape index (κ3) is 6.14. The number of benzene rings is 2. The van der Waals surface area contributed by atoms with Crippen LogP contribution in [0, 0.1) is 0 Å². The molecule has 0 saturated heterocycles. The number of nitrogens with one attached hydrogen (secondary N) is 2. The number of hydrogen-bond acceptors (Lipinski definition) is 4. The summed E-state index contributed by atoms with van der Waals surface area (Å²) in [7, 11) is 0. The number of ether oxygens (including phenoxy) is 1. The molecule has 0 heterocycles. The summed E-state index contributed by atoms with van der Waals surface area (Å²) >= 11 is 0. The second-order valence-corrected chi connectivity index (χ2v) is 5.79. The minimum atomic E-state index is -0.115. The summed E-state index contributed by atoms with van der Waals surface area (Å²) in [5.41, 5.74) is 2.14. The van der Waals surface area contributed by atoms with Crippen molar-refractivity contribution in [1.82, 2.24) is 0 Å². The van der Waals surface area contributed by atoms with Gasteiger partial charge in [0.1, 0.15) is 5.75 Å². The summed E-state index contributed by atoms with van der Waals surface area (Å²) in [4.78, 5) is 23.1. The molecule has 0 aliphatic heterocycles. The van der Waals surface area contributed by atoms with Crippen molar-refractivity contribution in [2.75, 3.05) is 10.6 Å². The van der Waals surface area contributed by atoms with Crippen molar-refractivity contribution >= 4 is 23.1 Å². The molecule has 2 N–H and O–H groups in total. The topological polar surface area (TPSA) is 67.4 Å². The highest BCUT2D eigenvalue weighted by Crippen LogP contribution is 2.15. The first-order chi connectivity index (χ1) is 11.9. The molecule has 0 unspecified atom stereocenters. The predicted molar refractivity (Wildman–Crippen MR) is 100 cm³/mol. The van der Waals surface area contributed by atoms with Gasteiger partial charge in [-0.1, -0.05) is 0 Å². The summed E-state index contributed by atoms with van der Waals surface area (Å²) in [6, 6.07) is 14.3. The molecule has 0 saturated carbocycles. The highest BCUT2D eigenvalue weighted by molar-refractivity contribution is 6.04. The lowest BCUT2D eigenvalue weighted by atomic mass is 10.1. The van der Waals surface area contributed by atoms with Gasteiger partial charge < -0.3 is 15.4 Å². The Labute approximate surface area is 147 Å². The van der Waals surface area contributed by atoms with Crippen LogP contribution in [0.4, 0.5) is 11.4 Å². The molecule has 0 fully saturated rings. The molecule has 2 aromatic carbocycles. The largest absolute Gasteiger partial charge is 0.491 e. The van der Waals surface area contributed by atoms with Crippen LogP contribution in [0.5, 0.6) is 5.75 Å². The molecule has 5 heteroatoms. The maximum absolute atomic E-state index is 12.1. The third-order valence-corrected chi connectivity index (χ3v) is 3.20. The molecule has 0 spiro atoms. The minimum Gasteiger partial charge on any atom is -0.491 e. The van der Waals surface area contributed by atoms with Crippen molar-refractivity contribution in [1.29, 1.82) is 0 Å². The molecule has 0 atom stereocenters. The van der Waals surface area contributed by atoms with E-state index in [1.807, 2.05) is 26.0 Å². The Morgan fingerprint density at radius 3 is 2.12 bits per heavy atom. The van der Waals surface area contributed by atoms with Gasteiger partial charge in [-0.15, -0.1) is 0 Å². The van der Waals surface area contributed by atoms with Crippen LogP contribution in [-0.2, 0) is 4.79 Å². The number of anilines is 2. The lowest BCUT2D eigenvalue weighted by molar-refractivity contribution is -0.114. The first-order valence-corrected chi connectivity index (χ1v) is 8.06. The van der Waals surface area contributed by atoms with Crippen molar-refractivity contribution in [2.24, 2.45) is 0 Å². The fourth-order valence-corrected chi connectivity index (χ4v) is 2.13. The van der Waals surface area contributed by atoms with Crippen molar-refractivity contribution in [3.05, 3.63) is 66.4 Å². The minimum absolute atomic E-state index is 0.0986. The molecule has 2 aromatic rings. The highest BCUT2D eigenvalue weighted by Gasteiger charge is 2.03. The van der Waals surface area contributed by atoms with Crippen molar-refractivity contribution < 1.29 is 14.3 Å². The Hall–Kier alpha value is -3.08. The van der Waals surface area contributed by atoms with E-state index in [-0.39, 0.29) is 17.8 Å². The summed E-state index contributed by atoms with van der Waals surface area (Å²) in [5.74, 6) is 0.530. The quantitative estimate of drug-likeness (QED) is 0.585. The van der Waals surface area contributed by atoms with Gasteiger partial charge in [0.2, 0.25) is 5.91 Å². The van der Waals surface area contributed by atoms with Crippen LogP contribution in [0.15, 0.2) is 60.8 Å². The Bertz CT molecular complexity index is 748. The fourth-order valence-electron chi connectivity index (χ4n) is 2.13. The van der Waals surface area contributed by atoms with Gasteiger partial charge >= 0.3 is 0 Å². The van der Waals surface area contributed by atoms with Gasteiger partial charge in [-0.3, -0.25) is 9.59 Å². The molecule has 0 radical (unpaired) electrons. The van der Waals surface area contributed by atoms with E-state index in [0.717, 1.165) is 17.1 Å². The predicted octanol–water partition coefficient (Wildman–Crippen LogP) is 4.24. The van der Waals surface area contributed by atoms with Gasteiger partial charge in [0.05, 0.1) is 6.10 Å². The second kappa shape index (κ2) is 8.68. The van der Waals surface area contributed by atoms with Crippen LogP contribution < -0.4 is 15.4 Å². The number of allylic oxidation sites excluding steroid dienone is 1. The van der Waals surface area contributed by atoms with Gasteiger partial charge in [-0.25, -0.2) is 0 Å². The van der Waals surface area contributed by atoms with E-state index in [4.69, 9.17) is 4.74 Å². The van der Waals surface area contributed by atoms with E-state index in [9.17, 15) is 9.59 Å². The average molecular weight is 338 g/mol. The molecule has 5 nitrogen and oxygen atoms in total. The SMILES string of the molecule is CC(=O)Nc1ccc(N/C=C/C(=O)c2ccc(OC(C)C)cc2)cc1. The van der Waals surface area contributed by atoms with Crippen LogP contribution in [-0.4, -0.2) is 17.8 Å². The maximum atomic E-state index is 12.1. The Morgan fingerprint density at radius 2 is 1.56 bits per heavy atom. The molecule has 130 valence electrons. The number of hydrogen-bond donors (Lipinski definition) is 2. The molecule has 1 amide bonds. The summed E-state index contributed by atoms with van der Waals surface area (Å²) < 4.78 is 5.55. The number of ketones is 1. The standard InChI is InChI=1S/C20H22N2O3/c1-14(2)25-19-10-4-16(5-11-19)20(24)12-13-21-17-6-8-18(9-7-17)22-15(3)23/h4-14,21H,1-3H3,(H,22,23)/b13-12+. The van der Waals surface area contributed by atoms with E-state index in [1.165, 1.54) is 13.0 Å². The summed E-state index contributed by atoms with van der Waals surface area (Å²) in [6.07, 6.45) is 3.16. The number of rotatable bonds is 7. The van der Waals surface area contributed by atoms with E-state index in [2.05, 4.69) is 10.6 Å². The Balaban J connectivity index is 1.90. The smallest absolute Gasteiger partial charge is 0.221 e. The Morgan fingerprint density at radius 1 is 0.960 bits per heavy atom. The molecule has 0 aliphatic rings. The zero-order valence-electron chi connectivity index (χ0n) is 14.6. The van der Waals surface area contributed by atoms with Gasteiger partial charge in [-0.2, -0.15) is 0 Å². The summed E-state index contributed by atoms with van der Waals surface area (Å²) in [5, 5.41) is 5.72. The average Bonchev–Trinajstić information content (AvgIpc) is 2.56. The van der Waals surface area contributed by atoms with Gasteiger partial charge in [0.15, 0.2) is 5.78 Å². The van der Waals surface area contributed by atoms with E-state index in [1.54, 1.807) is 42.6 Å². The normalized spacial score (nSPS) is 10.7. The molecule has 25 heavy (non-hydrogen) atoms. The zero-order valence-corrected chi connectivity index (χ0v) is 14.6. The van der Waals surface area contributed by atoms with Crippen LogP contribution in [0.25, 0.3) is 0 Å². The highest BCUT2D eigenvalue weighted by atomic mass is 16.5. The molecule has 0 aromatic heterocycles. The van der Waals surface area contributed by atoms with E-state index in [0.29, 0.717) is 5.56 Å². The van der Waals surface area contributed by atoms with Gasteiger partial charge in [-0.05, 0) is 62.4 Å².